The van der Waals surface area contributed by atoms with E-state index in [1.165, 1.54) is 12.1 Å². The second-order valence-electron chi connectivity index (χ2n) is 7.20. The van der Waals surface area contributed by atoms with Crippen LogP contribution < -0.4 is 10.1 Å². The lowest BCUT2D eigenvalue weighted by Gasteiger charge is -2.28. The zero-order valence-corrected chi connectivity index (χ0v) is 18.2. The molecule has 0 radical (unpaired) electrons. The van der Waals surface area contributed by atoms with E-state index in [4.69, 9.17) is 14.2 Å². The first-order chi connectivity index (χ1) is 15.3. The fraction of sp³-hybridized carbons (Fsp3) is 0.348. The van der Waals surface area contributed by atoms with Crippen molar-refractivity contribution in [1.29, 1.82) is 0 Å². The predicted molar refractivity (Wildman–Crippen MR) is 116 cm³/mol. The third-order valence-corrected chi connectivity index (χ3v) is 4.91. The molecule has 0 atom stereocenters. The summed E-state index contributed by atoms with van der Waals surface area (Å²) in [5.74, 6) is 2.26. The minimum Gasteiger partial charge on any atom is -0.491 e. The molecule has 2 aromatic rings. The summed E-state index contributed by atoms with van der Waals surface area (Å²) in [7, 11) is 5.18. The molecule has 0 fully saturated rings. The molecular formula is C23H26F3N3O3. The molecule has 172 valence electrons. The van der Waals surface area contributed by atoms with Gasteiger partial charge in [0, 0.05) is 20.7 Å². The van der Waals surface area contributed by atoms with E-state index in [1.807, 2.05) is 24.1 Å². The Morgan fingerprint density at radius 1 is 1.00 bits per heavy atom. The van der Waals surface area contributed by atoms with Crippen molar-refractivity contribution in [3.63, 3.8) is 0 Å². The number of nitrogens with one attached hydrogen (secondary N) is 1. The van der Waals surface area contributed by atoms with E-state index in [1.54, 1.807) is 26.4 Å². The highest BCUT2D eigenvalue weighted by molar-refractivity contribution is 5.97. The van der Waals surface area contributed by atoms with Gasteiger partial charge < -0.3 is 24.4 Å². The summed E-state index contributed by atoms with van der Waals surface area (Å²) in [4.78, 5) is 6.49. The monoisotopic (exact) mass is 449 g/mol. The lowest BCUT2D eigenvalue weighted by atomic mass is 10.1. The van der Waals surface area contributed by atoms with Gasteiger partial charge >= 0.3 is 6.18 Å². The molecule has 1 heterocycles. The van der Waals surface area contributed by atoms with E-state index in [-0.39, 0.29) is 0 Å². The molecule has 32 heavy (non-hydrogen) atoms. The van der Waals surface area contributed by atoms with Crippen molar-refractivity contribution in [3.05, 3.63) is 71.1 Å². The Hall–Kier alpha value is -3.20. The van der Waals surface area contributed by atoms with Crippen LogP contribution in [0, 0.1) is 0 Å². The third-order valence-electron chi connectivity index (χ3n) is 4.91. The summed E-state index contributed by atoms with van der Waals surface area (Å²) >= 11 is 0. The van der Waals surface area contributed by atoms with Gasteiger partial charge in [0.05, 0.1) is 25.0 Å². The number of methoxy groups -OCH3 is 2. The highest BCUT2D eigenvalue weighted by atomic mass is 19.4. The Balaban J connectivity index is 1.54. The predicted octanol–water partition coefficient (Wildman–Crippen LogP) is 4.44. The lowest BCUT2D eigenvalue weighted by Crippen LogP contribution is -2.37. The molecule has 0 spiro atoms. The smallest absolute Gasteiger partial charge is 0.416 e. The van der Waals surface area contributed by atoms with Crippen LogP contribution in [0.4, 0.5) is 13.2 Å². The number of ether oxygens (including phenoxy) is 3. The fourth-order valence-corrected chi connectivity index (χ4v) is 3.20. The normalized spacial score (nSPS) is 14.3. The molecule has 0 aliphatic carbocycles. The number of hydrogen-bond donors (Lipinski definition) is 1. The summed E-state index contributed by atoms with van der Waals surface area (Å²) < 4.78 is 54.4. The van der Waals surface area contributed by atoms with Gasteiger partial charge in [-0.15, -0.1) is 0 Å². The van der Waals surface area contributed by atoms with Gasteiger partial charge in [-0.3, -0.25) is 0 Å². The van der Waals surface area contributed by atoms with Crippen LogP contribution in [-0.4, -0.2) is 51.8 Å². The van der Waals surface area contributed by atoms with E-state index in [0.717, 1.165) is 29.8 Å². The second-order valence-corrected chi connectivity index (χ2v) is 7.20. The van der Waals surface area contributed by atoms with Gasteiger partial charge in [0.1, 0.15) is 18.2 Å². The second kappa shape index (κ2) is 10.4. The first kappa shape index (κ1) is 23.5. The average molecular weight is 449 g/mol. The number of halogens is 3. The van der Waals surface area contributed by atoms with Crippen molar-refractivity contribution < 1.29 is 27.4 Å². The van der Waals surface area contributed by atoms with Crippen molar-refractivity contribution in [3.8, 4) is 11.5 Å². The molecular weight excluding hydrogens is 423 g/mol. The SMILES string of the molecule is COCC1=C(OC)C(NCCc2ccc(Oc3ccc(C(F)(F)F)cc3)cc2)=NCN1C. The van der Waals surface area contributed by atoms with Gasteiger partial charge in [-0.2, -0.15) is 13.2 Å². The third kappa shape index (κ3) is 5.94. The molecule has 3 rings (SSSR count). The summed E-state index contributed by atoms with van der Waals surface area (Å²) in [6, 6.07) is 12.0. The standard InChI is InChI=1S/C23H26F3N3O3/c1-29-15-28-22(21(31-3)20(29)14-30-2)27-13-12-16-4-8-18(9-5-16)32-19-10-6-17(7-11-19)23(24,25)26/h4-11H,12-15H2,1-3H3,(H,27,28). The fourth-order valence-electron chi connectivity index (χ4n) is 3.20. The Morgan fingerprint density at radius 3 is 2.19 bits per heavy atom. The minimum atomic E-state index is -4.36. The number of hydrogen-bond acceptors (Lipinski definition) is 6. The van der Waals surface area contributed by atoms with Crippen molar-refractivity contribution in [1.82, 2.24) is 10.2 Å². The average Bonchev–Trinajstić information content (AvgIpc) is 2.77. The maximum atomic E-state index is 12.7. The van der Waals surface area contributed by atoms with Gasteiger partial charge in [-0.25, -0.2) is 4.99 Å². The zero-order valence-electron chi connectivity index (χ0n) is 18.2. The number of nitrogens with zero attached hydrogens (tertiary/aromatic N) is 2. The van der Waals surface area contributed by atoms with Crippen LogP contribution in [-0.2, 0) is 22.1 Å². The van der Waals surface area contributed by atoms with Crippen molar-refractivity contribution in [2.45, 2.75) is 12.6 Å². The van der Waals surface area contributed by atoms with Crippen LogP contribution in [0.2, 0.25) is 0 Å². The van der Waals surface area contributed by atoms with Gasteiger partial charge in [0.15, 0.2) is 11.6 Å². The first-order valence-corrected chi connectivity index (χ1v) is 10.0. The summed E-state index contributed by atoms with van der Waals surface area (Å²) in [6.45, 7) is 1.60. The van der Waals surface area contributed by atoms with Crippen LogP contribution >= 0.6 is 0 Å². The van der Waals surface area contributed by atoms with Crippen LogP contribution in [0.3, 0.4) is 0 Å². The Bertz CT molecular complexity index is 955. The van der Waals surface area contributed by atoms with Gasteiger partial charge in [0.2, 0.25) is 0 Å². The lowest BCUT2D eigenvalue weighted by molar-refractivity contribution is -0.137. The zero-order chi connectivity index (χ0) is 23.1. The van der Waals surface area contributed by atoms with E-state index in [0.29, 0.717) is 42.9 Å². The van der Waals surface area contributed by atoms with E-state index in [9.17, 15) is 13.2 Å². The van der Waals surface area contributed by atoms with Gasteiger partial charge in [-0.1, -0.05) is 12.1 Å². The molecule has 0 saturated carbocycles. The van der Waals surface area contributed by atoms with Crippen LogP contribution in [0.25, 0.3) is 0 Å². The Morgan fingerprint density at radius 2 is 1.62 bits per heavy atom. The number of amidine groups is 1. The summed E-state index contributed by atoms with van der Waals surface area (Å²) in [5, 5.41) is 3.31. The Labute approximate surface area is 185 Å². The van der Waals surface area contributed by atoms with Crippen molar-refractivity contribution >= 4 is 5.84 Å². The molecule has 1 aliphatic heterocycles. The number of alkyl halides is 3. The van der Waals surface area contributed by atoms with Crippen LogP contribution in [0.1, 0.15) is 11.1 Å². The largest absolute Gasteiger partial charge is 0.491 e. The molecule has 9 heteroatoms. The van der Waals surface area contributed by atoms with E-state index >= 15 is 0 Å². The minimum absolute atomic E-state index is 0.346. The number of aliphatic imine (C=N–C) groups is 1. The molecule has 2 aromatic carbocycles. The highest BCUT2D eigenvalue weighted by Gasteiger charge is 2.30. The maximum absolute atomic E-state index is 12.7. The van der Waals surface area contributed by atoms with E-state index in [2.05, 4.69) is 10.3 Å². The van der Waals surface area contributed by atoms with Crippen LogP contribution in [0.15, 0.2) is 65.0 Å². The number of rotatable bonds is 8. The number of benzene rings is 2. The molecule has 1 aliphatic rings. The molecule has 1 N–H and O–H groups in total. The maximum Gasteiger partial charge on any atom is 0.416 e. The molecule has 0 saturated heterocycles. The molecule has 0 unspecified atom stereocenters. The first-order valence-electron chi connectivity index (χ1n) is 10.0. The van der Waals surface area contributed by atoms with Crippen molar-refractivity contribution in [2.75, 3.05) is 41.1 Å². The molecule has 0 aromatic heterocycles. The molecule has 0 bridgehead atoms. The highest BCUT2D eigenvalue weighted by Crippen LogP contribution is 2.31. The molecule has 6 nitrogen and oxygen atoms in total. The topological polar surface area (TPSA) is 55.3 Å². The summed E-state index contributed by atoms with van der Waals surface area (Å²) in [6.07, 6.45) is -3.62. The van der Waals surface area contributed by atoms with Crippen LogP contribution in [0.5, 0.6) is 11.5 Å². The quantitative estimate of drug-likeness (QED) is 0.646. The Kier molecular flexibility index (Phi) is 7.63. The van der Waals surface area contributed by atoms with Gasteiger partial charge in [0.25, 0.3) is 0 Å². The summed E-state index contributed by atoms with van der Waals surface area (Å²) in [5.41, 5.74) is 1.30. The molecule has 0 amide bonds. The van der Waals surface area contributed by atoms with E-state index < -0.39 is 11.7 Å². The number of likely N-dealkylation sites (N-methyl/N-ethyl adjacent to an activating group) is 1. The van der Waals surface area contributed by atoms with Gasteiger partial charge in [-0.05, 0) is 48.4 Å². The van der Waals surface area contributed by atoms with Crippen molar-refractivity contribution in [2.24, 2.45) is 4.99 Å².